The van der Waals surface area contributed by atoms with Crippen molar-refractivity contribution in [2.75, 3.05) is 26.3 Å². The van der Waals surface area contributed by atoms with E-state index in [4.69, 9.17) is 4.74 Å². The third kappa shape index (κ3) is 5.62. The number of halogens is 5. The quantitative estimate of drug-likeness (QED) is 0.545. The van der Waals surface area contributed by atoms with Gasteiger partial charge in [0.15, 0.2) is 0 Å². The molecule has 0 saturated carbocycles. The molecule has 0 bridgehead atoms. The van der Waals surface area contributed by atoms with Gasteiger partial charge in [0.05, 0.1) is 19.3 Å². The molecule has 0 unspecified atom stereocenters. The Bertz CT molecular complexity index is 1210. The van der Waals surface area contributed by atoms with Crippen LogP contribution in [0.15, 0.2) is 47.0 Å². The third-order valence-electron chi connectivity index (χ3n) is 5.17. The molecule has 2 amide bonds. The molecule has 0 aliphatic carbocycles. The Labute approximate surface area is 194 Å². The fourth-order valence-electron chi connectivity index (χ4n) is 3.47. The Hall–Kier alpha value is -3.87. The molecule has 1 aromatic heterocycles. The number of morpholine rings is 1. The molecular formula is C22H17F5N4O4. The molecule has 1 aliphatic heterocycles. The van der Waals surface area contributed by atoms with E-state index >= 15 is 0 Å². The van der Waals surface area contributed by atoms with Crippen LogP contribution in [0.25, 0.3) is 11.4 Å². The molecule has 1 saturated heterocycles. The maximum Gasteiger partial charge on any atom is 0.471 e. The number of carbonyl (C=O) groups excluding carboxylic acids is 2. The lowest BCUT2D eigenvalue weighted by Gasteiger charge is -2.35. The first-order chi connectivity index (χ1) is 16.6. The zero-order valence-electron chi connectivity index (χ0n) is 17.8. The van der Waals surface area contributed by atoms with Crippen LogP contribution in [0.2, 0.25) is 0 Å². The van der Waals surface area contributed by atoms with Gasteiger partial charge < -0.3 is 19.5 Å². The standard InChI is InChI=1S/C22H17F5N4O4/c23-15-7-14(8-16(24)9-15)20(33)31-5-6-34-11-17(31)10-28-19(32)13-3-1-12(2-4-13)18-29-21(35-30-18)22(25,26)27/h1-4,7-9,17H,5-6,10-11H2,(H,28,32)/t17-/m0/s1. The minimum Gasteiger partial charge on any atom is -0.377 e. The van der Waals surface area contributed by atoms with Crippen molar-refractivity contribution in [1.29, 1.82) is 0 Å². The largest absolute Gasteiger partial charge is 0.471 e. The van der Waals surface area contributed by atoms with Crippen LogP contribution in [0.3, 0.4) is 0 Å². The monoisotopic (exact) mass is 496 g/mol. The molecule has 184 valence electrons. The summed E-state index contributed by atoms with van der Waals surface area (Å²) < 4.78 is 74.5. The van der Waals surface area contributed by atoms with Crippen LogP contribution < -0.4 is 5.32 Å². The number of hydrogen-bond acceptors (Lipinski definition) is 6. The van der Waals surface area contributed by atoms with Crippen molar-refractivity contribution in [3.63, 3.8) is 0 Å². The lowest BCUT2D eigenvalue weighted by molar-refractivity contribution is -0.159. The number of alkyl halides is 3. The van der Waals surface area contributed by atoms with Gasteiger partial charge in [-0.25, -0.2) is 8.78 Å². The second kappa shape index (κ2) is 9.78. The van der Waals surface area contributed by atoms with Crippen LogP contribution in [-0.4, -0.2) is 59.2 Å². The van der Waals surface area contributed by atoms with E-state index in [0.717, 1.165) is 12.1 Å². The van der Waals surface area contributed by atoms with Gasteiger partial charge in [-0.15, -0.1) is 0 Å². The topological polar surface area (TPSA) is 97.6 Å². The van der Waals surface area contributed by atoms with Gasteiger partial charge in [0.2, 0.25) is 5.82 Å². The second-order valence-electron chi connectivity index (χ2n) is 7.59. The summed E-state index contributed by atoms with van der Waals surface area (Å²) in [5.41, 5.74) is 0.238. The maximum absolute atomic E-state index is 13.5. The van der Waals surface area contributed by atoms with E-state index in [2.05, 4.69) is 20.0 Å². The lowest BCUT2D eigenvalue weighted by atomic mass is 10.1. The fraction of sp³-hybridized carbons (Fsp3) is 0.273. The van der Waals surface area contributed by atoms with Crippen molar-refractivity contribution >= 4 is 11.8 Å². The van der Waals surface area contributed by atoms with Gasteiger partial charge in [-0.2, -0.15) is 18.2 Å². The molecular weight excluding hydrogens is 479 g/mol. The molecule has 2 heterocycles. The zero-order valence-corrected chi connectivity index (χ0v) is 17.8. The Kier molecular flexibility index (Phi) is 6.78. The first-order valence-electron chi connectivity index (χ1n) is 10.3. The van der Waals surface area contributed by atoms with Crippen LogP contribution in [0.1, 0.15) is 26.6 Å². The average Bonchev–Trinajstić information content (AvgIpc) is 3.33. The number of carbonyl (C=O) groups is 2. The predicted octanol–water partition coefficient (Wildman–Crippen LogP) is 3.30. The van der Waals surface area contributed by atoms with E-state index in [1.54, 1.807) is 0 Å². The SMILES string of the molecule is O=C(NC[C@H]1COCCN1C(=O)c1cc(F)cc(F)c1)c1ccc(-c2noc(C(F)(F)F)n2)cc1. The van der Waals surface area contributed by atoms with Crippen LogP contribution in [0.5, 0.6) is 0 Å². The van der Waals surface area contributed by atoms with Crippen molar-refractivity contribution in [1.82, 2.24) is 20.4 Å². The first-order valence-corrected chi connectivity index (χ1v) is 10.3. The summed E-state index contributed by atoms with van der Waals surface area (Å²) in [5, 5.41) is 5.93. The smallest absolute Gasteiger partial charge is 0.377 e. The summed E-state index contributed by atoms with van der Waals surface area (Å²) in [6.07, 6.45) is -4.77. The number of hydrogen-bond donors (Lipinski definition) is 1. The van der Waals surface area contributed by atoms with Gasteiger partial charge >= 0.3 is 12.1 Å². The molecule has 35 heavy (non-hydrogen) atoms. The van der Waals surface area contributed by atoms with Crippen molar-refractivity contribution in [3.8, 4) is 11.4 Å². The van der Waals surface area contributed by atoms with Gasteiger partial charge in [-0.05, 0) is 24.3 Å². The van der Waals surface area contributed by atoms with Crippen LogP contribution in [0.4, 0.5) is 22.0 Å². The molecule has 4 rings (SSSR count). The van der Waals surface area contributed by atoms with Crippen LogP contribution >= 0.6 is 0 Å². The lowest BCUT2D eigenvalue weighted by Crippen LogP contribution is -2.53. The summed E-state index contributed by atoms with van der Waals surface area (Å²) in [5.74, 6) is -4.66. The van der Waals surface area contributed by atoms with E-state index in [0.29, 0.717) is 6.07 Å². The fourth-order valence-corrected chi connectivity index (χ4v) is 3.47. The summed E-state index contributed by atoms with van der Waals surface area (Å²) >= 11 is 0. The molecule has 0 spiro atoms. The summed E-state index contributed by atoms with van der Waals surface area (Å²) in [6.45, 7) is 0.477. The highest BCUT2D eigenvalue weighted by Crippen LogP contribution is 2.29. The van der Waals surface area contributed by atoms with Gasteiger partial charge in [-0.1, -0.05) is 17.3 Å². The number of nitrogens with zero attached hydrogens (tertiary/aromatic N) is 3. The van der Waals surface area contributed by atoms with Gasteiger partial charge in [0, 0.05) is 35.8 Å². The molecule has 1 aliphatic rings. The van der Waals surface area contributed by atoms with E-state index in [1.807, 2.05) is 0 Å². The second-order valence-corrected chi connectivity index (χ2v) is 7.59. The molecule has 0 radical (unpaired) electrons. The van der Waals surface area contributed by atoms with Gasteiger partial charge in [0.25, 0.3) is 11.8 Å². The number of rotatable bonds is 5. The Morgan fingerprint density at radius 3 is 2.37 bits per heavy atom. The highest BCUT2D eigenvalue weighted by molar-refractivity contribution is 5.95. The van der Waals surface area contributed by atoms with Crippen molar-refractivity contribution in [2.24, 2.45) is 0 Å². The highest BCUT2D eigenvalue weighted by Gasteiger charge is 2.38. The summed E-state index contributed by atoms with van der Waals surface area (Å²) in [6, 6.07) is 7.38. The molecule has 8 nitrogen and oxygen atoms in total. The number of amides is 2. The molecule has 1 fully saturated rings. The number of ether oxygens (including phenoxy) is 1. The van der Waals surface area contributed by atoms with E-state index in [9.17, 15) is 31.5 Å². The summed E-state index contributed by atoms with van der Waals surface area (Å²) in [4.78, 5) is 30.0. The number of nitrogens with one attached hydrogen (secondary N) is 1. The normalized spacial score (nSPS) is 16.3. The third-order valence-corrected chi connectivity index (χ3v) is 5.17. The maximum atomic E-state index is 13.5. The highest BCUT2D eigenvalue weighted by atomic mass is 19.4. The van der Waals surface area contributed by atoms with E-state index in [-0.39, 0.29) is 48.8 Å². The van der Waals surface area contributed by atoms with Crippen LogP contribution in [-0.2, 0) is 10.9 Å². The number of aromatic nitrogens is 2. The molecule has 1 atom stereocenters. The Balaban J connectivity index is 1.40. The van der Waals surface area contributed by atoms with Gasteiger partial charge in [-0.3, -0.25) is 9.59 Å². The van der Waals surface area contributed by atoms with Gasteiger partial charge in [0.1, 0.15) is 11.6 Å². The minimum atomic E-state index is -4.77. The average molecular weight is 496 g/mol. The van der Waals surface area contributed by atoms with Crippen molar-refractivity contribution in [3.05, 3.63) is 71.1 Å². The molecule has 2 aromatic carbocycles. The Morgan fingerprint density at radius 2 is 1.74 bits per heavy atom. The van der Waals surface area contributed by atoms with Crippen molar-refractivity contribution < 1.29 is 40.8 Å². The van der Waals surface area contributed by atoms with Crippen molar-refractivity contribution in [2.45, 2.75) is 12.2 Å². The molecule has 13 heteroatoms. The predicted molar refractivity (Wildman–Crippen MR) is 109 cm³/mol. The van der Waals surface area contributed by atoms with E-state index < -0.39 is 41.6 Å². The number of benzene rings is 2. The van der Waals surface area contributed by atoms with Crippen LogP contribution in [0, 0.1) is 11.6 Å². The Morgan fingerprint density at radius 1 is 1.06 bits per heavy atom. The minimum absolute atomic E-state index is 0.0100. The molecule has 3 aromatic rings. The summed E-state index contributed by atoms with van der Waals surface area (Å²) in [7, 11) is 0. The van der Waals surface area contributed by atoms with E-state index in [1.165, 1.54) is 29.2 Å². The first kappa shape index (κ1) is 24.3. The zero-order chi connectivity index (χ0) is 25.2. The molecule has 1 N–H and O–H groups in total.